The van der Waals surface area contributed by atoms with Crippen LogP contribution in [-0.4, -0.2) is 52.0 Å². The number of benzene rings is 1. The average molecular weight is 498 g/mol. The van der Waals surface area contributed by atoms with Crippen molar-refractivity contribution in [3.8, 4) is 0 Å². The molecule has 3 aromatic rings. The highest BCUT2D eigenvalue weighted by Crippen LogP contribution is 2.29. The third kappa shape index (κ3) is 6.35. The van der Waals surface area contributed by atoms with E-state index in [4.69, 9.17) is 4.74 Å². The van der Waals surface area contributed by atoms with E-state index in [-0.39, 0.29) is 24.0 Å². The van der Waals surface area contributed by atoms with Gasteiger partial charge in [0.2, 0.25) is 11.8 Å². The summed E-state index contributed by atoms with van der Waals surface area (Å²) in [4.78, 5) is 37.5. The molecule has 1 N–H and O–H groups in total. The van der Waals surface area contributed by atoms with Crippen LogP contribution in [0.15, 0.2) is 47.2 Å². The van der Waals surface area contributed by atoms with Gasteiger partial charge in [-0.3, -0.25) is 24.7 Å². The largest absolute Gasteiger partial charge is 0.373 e. The third-order valence-corrected chi connectivity index (χ3v) is 6.75. The van der Waals surface area contributed by atoms with Gasteiger partial charge in [0.1, 0.15) is 0 Å². The molecule has 1 aliphatic rings. The molecule has 0 aliphatic carbocycles. The number of aromatic nitrogens is 2. The van der Waals surface area contributed by atoms with Crippen molar-refractivity contribution < 1.29 is 14.3 Å². The monoisotopic (exact) mass is 497 g/mol. The Morgan fingerprint density at radius 3 is 2.59 bits per heavy atom. The van der Waals surface area contributed by atoms with Gasteiger partial charge in [-0.05, 0) is 32.1 Å². The zero-order valence-corrected chi connectivity index (χ0v) is 20.9. The van der Waals surface area contributed by atoms with Crippen LogP contribution in [0.3, 0.4) is 0 Å². The molecule has 1 aromatic carbocycles. The molecule has 2 unspecified atom stereocenters. The Kier molecular flexibility index (Phi) is 7.84. The summed E-state index contributed by atoms with van der Waals surface area (Å²) in [5.41, 5.74) is 2.28. The lowest BCUT2D eigenvalue weighted by molar-refractivity contribution is -0.116. The highest BCUT2D eigenvalue weighted by Gasteiger charge is 2.23. The van der Waals surface area contributed by atoms with Gasteiger partial charge in [0.05, 0.1) is 29.3 Å². The first kappa shape index (κ1) is 24.2. The topological polar surface area (TPSA) is 87.7 Å². The van der Waals surface area contributed by atoms with E-state index in [1.807, 2.05) is 41.1 Å². The Hall–Kier alpha value is -2.92. The molecule has 178 valence electrons. The lowest BCUT2D eigenvalue weighted by Gasteiger charge is -2.34. The molecule has 2 aromatic heterocycles. The van der Waals surface area contributed by atoms with Crippen molar-refractivity contribution in [1.82, 2.24) is 14.9 Å². The minimum absolute atomic E-state index is 0.130. The quantitative estimate of drug-likeness (QED) is 0.482. The van der Waals surface area contributed by atoms with Crippen LogP contribution in [0.5, 0.6) is 0 Å². The van der Waals surface area contributed by atoms with Crippen molar-refractivity contribution in [2.75, 3.05) is 23.3 Å². The van der Waals surface area contributed by atoms with E-state index in [9.17, 15) is 9.59 Å². The predicted octanol–water partition coefficient (Wildman–Crippen LogP) is 4.55. The zero-order valence-electron chi connectivity index (χ0n) is 19.3. The van der Waals surface area contributed by atoms with E-state index in [0.717, 1.165) is 31.0 Å². The van der Waals surface area contributed by atoms with Crippen LogP contribution in [0.25, 0.3) is 6.08 Å². The number of amides is 2. The van der Waals surface area contributed by atoms with Crippen LogP contribution in [0.4, 0.5) is 16.0 Å². The number of carbonyl (C=O) groups excluding carboxylic acids is 2. The maximum absolute atomic E-state index is 12.4. The Labute approximate surface area is 206 Å². The molecule has 4 rings (SSSR count). The van der Waals surface area contributed by atoms with Crippen LogP contribution in [-0.2, 0) is 20.9 Å². The number of morpholine rings is 1. The van der Waals surface area contributed by atoms with Gasteiger partial charge in [-0.2, -0.15) is 0 Å². The van der Waals surface area contributed by atoms with Gasteiger partial charge in [0.15, 0.2) is 10.3 Å². The number of nitrogens with one attached hydrogen (secondary N) is 1. The molecule has 0 spiro atoms. The molecule has 34 heavy (non-hydrogen) atoms. The summed E-state index contributed by atoms with van der Waals surface area (Å²) in [6.45, 7) is 8.12. The van der Waals surface area contributed by atoms with E-state index in [1.54, 1.807) is 11.0 Å². The molecule has 1 aliphatic heterocycles. The molecule has 1 saturated heterocycles. The Balaban J connectivity index is 1.34. The fourth-order valence-electron chi connectivity index (χ4n) is 3.85. The minimum atomic E-state index is -0.282. The van der Waals surface area contributed by atoms with E-state index in [2.05, 4.69) is 34.0 Å². The average Bonchev–Trinajstić information content (AvgIpc) is 3.42. The second-order valence-corrected chi connectivity index (χ2v) is 9.86. The summed E-state index contributed by atoms with van der Waals surface area (Å²) in [6, 6.07) is 9.35. The summed E-state index contributed by atoms with van der Waals surface area (Å²) in [5, 5.41) is 7.70. The molecule has 1 fully saturated rings. The van der Waals surface area contributed by atoms with Crippen LogP contribution in [0.2, 0.25) is 0 Å². The van der Waals surface area contributed by atoms with Crippen molar-refractivity contribution in [3.63, 3.8) is 0 Å². The van der Waals surface area contributed by atoms with Gasteiger partial charge in [-0.1, -0.05) is 18.2 Å². The maximum Gasteiger partial charge on any atom is 0.250 e. The number of anilines is 3. The molecule has 2 atom stereocenters. The van der Waals surface area contributed by atoms with Gasteiger partial charge in [0.25, 0.3) is 0 Å². The molecule has 8 nitrogen and oxygen atoms in total. The van der Waals surface area contributed by atoms with E-state index in [0.29, 0.717) is 16.0 Å². The molecule has 0 bridgehead atoms. The molecule has 3 heterocycles. The van der Waals surface area contributed by atoms with Crippen LogP contribution < -0.4 is 10.2 Å². The molecular weight excluding hydrogens is 470 g/mol. The number of thiazole rings is 2. The molecule has 0 saturated carbocycles. The minimum Gasteiger partial charge on any atom is -0.373 e. The highest BCUT2D eigenvalue weighted by molar-refractivity contribution is 7.14. The lowest BCUT2D eigenvalue weighted by atomic mass is 10.2. The molecule has 2 amide bonds. The van der Waals surface area contributed by atoms with Crippen molar-refractivity contribution >= 4 is 56.5 Å². The van der Waals surface area contributed by atoms with Gasteiger partial charge in [-0.15, -0.1) is 22.7 Å². The van der Waals surface area contributed by atoms with Crippen molar-refractivity contribution in [3.05, 3.63) is 58.6 Å². The van der Waals surface area contributed by atoms with E-state index < -0.39 is 0 Å². The second kappa shape index (κ2) is 11.0. The van der Waals surface area contributed by atoms with Crippen LogP contribution in [0, 0.1) is 0 Å². The molecule has 0 radical (unpaired) electrons. The first-order valence-corrected chi connectivity index (χ1v) is 12.8. The predicted molar refractivity (Wildman–Crippen MR) is 136 cm³/mol. The number of ether oxygens (including phenoxy) is 1. The third-order valence-electron chi connectivity index (χ3n) is 5.10. The number of hydrogen-bond donors (Lipinski definition) is 1. The normalized spacial score (nSPS) is 18.8. The number of hydrogen-bond acceptors (Lipinski definition) is 8. The van der Waals surface area contributed by atoms with E-state index in [1.165, 1.54) is 35.7 Å². The summed E-state index contributed by atoms with van der Waals surface area (Å²) < 4.78 is 5.78. The zero-order chi connectivity index (χ0) is 24.1. The maximum atomic E-state index is 12.4. The van der Waals surface area contributed by atoms with Crippen LogP contribution in [0.1, 0.15) is 32.2 Å². The summed E-state index contributed by atoms with van der Waals surface area (Å²) in [6.07, 6.45) is 3.46. The van der Waals surface area contributed by atoms with Crippen molar-refractivity contribution in [2.24, 2.45) is 0 Å². The SMILES string of the molecule is CC(=O)N(c1ccccc1)c1nc(/C=C/C(=O)Nc2nc(CN3CC(C)OC(C)C3)cs2)cs1. The number of para-hydroxylation sites is 1. The molecular formula is C24H27N5O3S2. The lowest BCUT2D eigenvalue weighted by Crippen LogP contribution is -2.44. The highest BCUT2D eigenvalue weighted by atomic mass is 32.1. The second-order valence-electron chi connectivity index (χ2n) is 8.16. The van der Waals surface area contributed by atoms with Gasteiger partial charge in [-0.25, -0.2) is 9.97 Å². The number of rotatable bonds is 7. The first-order valence-electron chi connectivity index (χ1n) is 11.0. The Morgan fingerprint density at radius 1 is 1.15 bits per heavy atom. The Bertz CT molecular complexity index is 1150. The summed E-state index contributed by atoms with van der Waals surface area (Å²) in [5.74, 6) is -0.412. The van der Waals surface area contributed by atoms with E-state index >= 15 is 0 Å². The smallest absolute Gasteiger partial charge is 0.250 e. The van der Waals surface area contributed by atoms with Gasteiger partial charge < -0.3 is 4.74 Å². The molecule has 10 heteroatoms. The Morgan fingerprint density at radius 2 is 1.88 bits per heavy atom. The van der Waals surface area contributed by atoms with Gasteiger partial charge in [0, 0.05) is 43.4 Å². The fraction of sp³-hybridized carbons (Fsp3) is 0.333. The standard InChI is InChI=1S/C24H27N5O3S2/c1-16-11-28(12-17(2)32-16)13-20-15-33-23(25-20)27-22(31)10-9-19-14-34-24(26-19)29(18(3)30)21-7-5-4-6-8-21/h4-10,14-17H,11-13H2,1-3H3,(H,25,27,31)/b10-9+. The van der Waals surface area contributed by atoms with Crippen molar-refractivity contribution in [1.29, 1.82) is 0 Å². The first-order chi connectivity index (χ1) is 16.4. The number of carbonyl (C=O) groups is 2. The van der Waals surface area contributed by atoms with Gasteiger partial charge >= 0.3 is 0 Å². The summed E-state index contributed by atoms with van der Waals surface area (Å²) in [7, 11) is 0. The van der Waals surface area contributed by atoms with Crippen molar-refractivity contribution in [2.45, 2.75) is 39.5 Å². The fourth-order valence-corrected chi connectivity index (χ4v) is 5.41. The van der Waals surface area contributed by atoms with Crippen LogP contribution >= 0.6 is 22.7 Å². The number of nitrogens with zero attached hydrogens (tertiary/aromatic N) is 4. The summed E-state index contributed by atoms with van der Waals surface area (Å²) >= 11 is 2.75.